The number of amidine groups is 1. The fraction of sp³-hybridized carbons (Fsp3) is 0.400. The zero-order valence-corrected chi connectivity index (χ0v) is 14.2. The van der Waals surface area contributed by atoms with Crippen molar-refractivity contribution in [3.05, 3.63) is 29.8 Å². The third kappa shape index (κ3) is 4.06. The van der Waals surface area contributed by atoms with Crippen molar-refractivity contribution < 1.29 is 27.5 Å². The van der Waals surface area contributed by atoms with Crippen molar-refractivity contribution in [2.75, 3.05) is 6.61 Å². The molecule has 0 spiro atoms. The first-order chi connectivity index (χ1) is 11.5. The van der Waals surface area contributed by atoms with Crippen LogP contribution >= 0.6 is 11.8 Å². The normalized spacial score (nSPS) is 21.6. The van der Waals surface area contributed by atoms with Crippen LogP contribution in [0.1, 0.15) is 25.5 Å². The average molecular weight is 375 g/mol. The molecule has 0 radical (unpaired) electrons. The Kier molecular flexibility index (Phi) is 5.31. The van der Waals surface area contributed by atoms with Crippen LogP contribution in [0.2, 0.25) is 0 Å². The van der Waals surface area contributed by atoms with E-state index in [0.29, 0.717) is 23.1 Å². The number of benzene rings is 1. The number of primary amides is 1. The van der Waals surface area contributed by atoms with Gasteiger partial charge in [-0.2, -0.15) is 18.2 Å². The second-order valence-electron chi connectivity index (χ2n) is 5.51. The Hall–Kier alpha value is -2.23. The Morgan fingerprint density at radius 3 is 2.64 bits per heavy atom. The number of nitrogens with two attached hydrogens (primary N) is 1. The van der Waals surface area contributed by atoms with Crippen molar-refractivity contribution >= 4 is 28.7 Å². The molecule has 2 atom stereocenters. The van der Waals surface area contributed by atoms with Crippen molar-refractivity contribution in [3.63, 3.8) is 0 Å². The molecule has 1 aliphatic heterocycles. The van der Waals surface area contributed by atoms with Crippen LogP contribution < -0.4 is 15.8 Å². The number of aliphatic imine (C=N–C) groups is 1. The van der Waals surface area contributed by atoms with Gasteiger partial charge in [-0.25, -0.2) is 0 Å². The molecule has 136 valence electrons. The maximum absolute atomic E-state index is 13.1. The highest BCUT2D eigenvalue weighted by molar-refractivity contribution is 8.16. The minimum Gasteiger partial charge on any atom is -0.483 e. The molecular weight excluding hydrogens is 359 g/mol. The van der Waals surface area contributed by atoms with E-state index >= 15 is 0 Å². The van der Waals surface area contributed by atoms with E-state index in [1.165, 1.54) is 0 Å². The highest BCUT2D eigenvalue weighted by atomic mass is 32.2. The first-order valence-electron chi connectivity index (χ1n) is 7.20. The molecule has 0 aliphatic carbocycles. The highest BCUT2D eigenvalue weighted by Gasteiger charge is 2.61. The molecule has 25 heavy (non-hydrogen) atoms. The summed E-state index contributed by atoms with van der Waals surface area (Å²) in [5, 5.41) is 2.65. The highest BCUT2D eigenvalue weighted by Crippen LogP contribution is 2.46. The van der Waals surface area contributed by atoms with Gasteiger partial charge in [0.05, 0.1) is 6.04 Å². The van der Waals surface area contributed by atoms with Crippen molar-refractivity contribution in [1.29, 1.82) is 0 Å². The van der Waals surface area contributed by atoms with E-state index < -0.39 is 28.8 Å². The summed E-state index contributed by atoms with van der Waals surface area (Å²) in [7, 11) is 0. The molecule has 1 aromatic rings. The minimum absolute atomic E-state index is 0.123. The number of hydrogen-bond donors (Lipinski definition) is 2. The number of carbonyl (C=O) groups is 2. The van der Waals surface area contributed by atoms with Crippen LogP contribution in [0.25, 0.3) is 0 Å². The summed E-state index contributed by atoms with van der Waals surface area (Å²) in [6.45, 7) is 2.14. The Bertz CT molecular complexity index is 723. The number of rotatable bonds is 5. The number of carbonyl (C=O) groups excluding carboxylic acids is 2. The number of thioether (sulfide) groups is 1. The lowest BCUT2D eigenvalue weighted by atomic mass is 10.1. The number of para-hydroxylation sites is 1. The molecule has 0 saturated carbocycles. The quantitative estimate of drug-likeness (QED) is 0.823. The first-order valence-corrected chi connectivity index (χ1v) is 8.01. The third-order valence-corrected chi connectivity index (χ3v) is 4.77. The van der Waals surface area contributed by atoms with Gasteiger partial charge in [0.15, 0.2) is 16.5 Å². The van der Waals surface area contributed by atoms with E-state index in [2.05, 4.69) is 10.3 Å². The van der Waals surface area contributed by atoms with Gasteiger partial charge in [-0.05, 0) is 19.9 Å². The number of nitrogens with one attached hydrogen (secondary N) is 1. The van der Waals surface area contributed by atoms with E-state index in [4.69, 9.17) is 10.5 Å². The number of amides is 2. The predicted octanol–water partition coefficient (Wildman–Crippen LogP) is 2.15. The Labute approximate surface area is 146 Å². The van der Waals surface area contributed by atoms with Crippen molar-refractivity contribution in [3.8, 4) is 5.75 Å². The molecule has 6 nitrogen and oxygen atoms in total. The molecule has 0 bridgehead atoms. The first kappa shape index (κ1) is 19.1. The summed E-state index contributed by atoms with van der Waals surface area (Å²) in [4.78, 5) is 26.0. The lowest BCUT2D eigenvalue weighted by Gasteiger charge is -2.24. The predicted molar refractivity (Wildman–Crippen MR) is 87.2 cm³/mol. The van der Waals surface area contributed by atoms with Gasteiger partial charge >= 0.3 is 6.18 Å². The van der Waals surface area contributed by atoms with Gasteiger partial charge in [0.1, 0.15) is 5.75 Å². The van der Waals surface area contributed by atoms with Crippen LogP contribution in [0.3, 0.4) is 0 Å². The van der Waals surface area contributed by atoms with Crippen LogP contribution in [0, 0.1) is 0 Å². The number of alkyl halides is 3. The van der Waals surface area contributed by atoms with Gasteiger partial charge < -0.3 is 15.8 Å². The molecule has 0 aromatic heterocycles. The molecule has 10 heteroatoms. The van der Waals surface area contributed by atoms with Crippen molar-refractivity contribution in [1.82, 2.24) is 5.32 Å². The number of halogens is 3. The van der Waals surface area contributed by atoms with Gasteiger partial charge in [0.2, 0.25) is 0 Å². The zero-order chi connectivity index (χ0) is 18.8. The average Bonchev–Trinajstić information content (AvgIpc) is 2.80. The maximum Gasteiger partial charge on any atom is 0.412 e. The van der Waals surface area contributed by atoms with Crippen LogP contribution in [-0.2, 0) is 9.59 Å². The maximum atomic E-state index is 13.1. The minimum atomic E-state index is -4.71. The SMILES string of the molecule is C[C@H](NC1=NC(=O)C(C)(C(F)(F)F)S1)c1ccccc1OCC(N)=O. The summed E-state index contributed by atoms with van der Waals surface area (Å²) in [6.07, 6.45) is -4.71. The molecular formula is C15H16F3N3O3S. The van der Waals surface area contributed by atoms with Gasteiger partial charge in [0, 0.05) is 5.56 Å². The van der Waals surface area contributed by atoms with Gasteiger partial charge in [0.25, 0.3) is 11.8 Å². The Morgan fingerprint density at radius 2 is 2.08 bits per heavy atom. The van der Waals surface area contributed by atoms with Crippen LogP contribution in [-0.4, -0.2) is 34.5 Å². The molecule has 0 saturated heterocycles. The van der Waals surface area contributed by atoms with Crippen LogP contribution in [0.5, 0.6) is 5.75 Å². The van der Waals surface area contributed by atoms with E-state index in [0.717, 1.165) is 6.92 Å². The van der Waals surface area contributed by atoms with E-state index in [-0.39, 0.29) is 11.8 Å². The van der Waals surface area contributed by atoms with E-state index in [9.17, 15) is 22.8 Å². The van der Waals surface area contributed by atoms with Gasteiger partial charge in [-0.15, -0.1) is 0 Å². The fourth-order valence-electron chi connectivity index (χ4n) is 2.08. The molecule has 2 rings (SSSR count). The van der Waals surface area contributed by atoms with Gasteiger partial charge in [-0.3, -0.25) is 9.59 Å². The summed E-state index contributed by atoms with van der Waals surface area (Å²) in [6, 6.07) is 6.15. The number of hydrogen-bond acceptors (Lipinski definition) is 5. The molecule has 1 unspecified atom stereocenters. The second kappa shape index (κ2) is 6.95. The number of nitrogens with zero attached hydrogens (tertiary/aromatic N) is 1. The monoisotopic (exact) mass is 375 g/mol. The van der Waals surface area contributed by atoms with E-state index in [1.54, 1.807) is 31.2 Å². The van der Waals surface area contributed by atoms with Gasteiger partial charge in [-0.1, -0.05) is 30.0 Å². The topological polar surface area (TPSA) is 93.8 Å². The van der Waals surface area contributed by atoms with Crippen molar-refractivity contribution in [2.24, 2.45) is 10.7 Å². The fourth-order valence-corrected chi connectivity index (χ4v) is 3.08. The standard InChI is InChI=1S/C15H16F3N3O3S/c1-8(9-5-3-4-6-10(9)24-7-11(19)22)20-13-21-12(23)14(2,25-13)15(16,17)18/h3-6,8H,7H2,1-2H3,(H2,19,22)(H,20,21,23)/t8-,14?/m0/s1. The molecule has 1 heterocycles. The molecule has 1 aliphatic rings. The summed E-state index contributed by atoms with van der Waals surface area (Å²) in [5.74, 6) is -1.55. The van der Waals surface area contributed by atoms with E-state index in [1.807, 2.05) is 0 Å². The Morgan fingerprint density at radius 1 is 1.44 bits per heavy atom. The van der Waals surface area contributed by atoms with Crippen LogP contribution in [0.4, 0.5) is 13.2 Å². The molecule has 3 N–H and O–H groups in total. The third-order valence-electron chi connectivity index (χ3n) is 3.55. The molecule has 1 aromatic carbocycles. The summed E-state index contributed by atoms with van der Waals surface area (Å²) < 4.78 is 41.9. The smallest absolute Gasteiger partial charge is 0.412 e. The largest absolute Gasteiger partial charge is 0.483 e. The lowest BCUT2D eigenvalue weighted by Crippen LogP contribution is -2.44. The Balaban J connectivity index is 2.14. The summed E-state index contributed by atoms with van der Waals surface area (Å²) in [5.41, 5.74) is 5.62. The van der Waals surface area contributed by atoms with Crippen LogP contribution in [0.15, 0.2) is 29.3 Å². The van der Waals surface area contributed by atoms with Crippen molar-refractivity contribution in [2.45, 2.75) is 30.8 Å². The molecule has 0 fully saturated rings. The lowest BCUT2D eigenvalue weighted by molar-refractivity contribution is -0.165. The number of ether oxygens (including phenoxy) is 1. The zero-order valence-electron chi connectivity index (χ0n) is 13.4. The molecule has 2 amide bonds. The summed E-state index contributed by atoms with van der Waals surface area (Å²) >= 11 is 0.325. The second-order valence-corrected chi connectivity index (χ2v) is 6.92.